The van der Waals surface area contributed by atoms with E-state index >= 15 is 0 Å². The van der Waals surface area contributed by atoms with Gasteiger partial charge in [-0.3, -0.25) is 9.59 Å². The van der Waals surface area contributed by atoms with E-state index in [1.165, 1.54) is 18.1 Å². The molecule has 3 rings (SSSR count). The van der Waals surface area contributed by atoms with Crippen molar-refractivity contribution in [3.63, 3.8) is 0 Å². The molecule has 2 amide bonds. The number of hydrogen-bond acceptors (Lipinski definition) is 3. The fourth-order valence-corrected chi connectivity index (χ4v) is 3.85. The van der Waals surface area contributed by atoms with Crippen LogP contribution in [0.25, 0.3) is 0 Å². The van der Waals surface area contributed by atoms with Crippen LogP contribution < -0.4 is 0 Å². The number of piperidine rings is 1. The van der Waals surface area contributed by atoms with Crippen LogP contribution in [-0.2, 0) is 11.2 Å². The summed E-state index contributed by atoms with van der Waals surface area (Å²) in [5.41, 5.74) is 1.90. The summed E-state index contributed by atoms with van der Waals surface area (Å²) in [6, 6.07) is 12.3. The molecule has 0 unspecified atom stereocenters. The van der Waals surface area contributed by atoms with E-state index in [0.29, 0.717) is 24.4 Å². The van der Waals surface area contributed by atoms with Crippen LogP contribution in [0.5, 0.6) is 0 Å². The summed E-state index contributed by atoms with van der Waals surface area (Å²) in [5.74, 6) is 0.697. The van der Waals surface area contributed by atoms with Crippen LogP contribution in [0.15, 0.2) is 53.3 Å². The number of nitrogens with zero attached hydrogens (tertiary/aromatic N) is 2. The van der Waals surface area contributed by atoms with Gasteiger partial charge >= 0.3 is 0 Å². The van der Waals surface area contributed by atoms with Crippen LogP contribution in [0.2, 0.25) is 0 Å². The lowest BCUT2D eigenvalue weighted by Crippen LogP contribution is -2.43. The van der Waals surface area contributed by atoms with Crippen molar-refractivity contribution in [3.05, 3.63) is 60.1 Å². The Labute approximate surface area is 167 Å². The van der Waals surface area contributed by atoms with E-state index in [1.807, 2.05) is 24.8 Å². The molecule has 150 valence electrons. The molecule has 1 fully saturated rings. The van der Waals surface area contributed by atoms with E-state index < -0.39 is 0 Å². The molecule has 1 aliphatic heterocycles. The molecule has 0 N–H and O–H groups in total. The highest BCUT2D eigenvalue weighted by atomic mass is 16.3. The van der Waals surface area contributed by atoms with Crippen LogP contribution in [0, 0.1) is 5.92 Å². The number of hydrogen-bond donors (Lipinski definition) is 0. The van der Waals surface area contributed by atoms with Crippen molar-refractivity contribution in [3.8, 4) is 0 Å². The molecule has 1 aliphatic rings. The number of amides is 2. The Balaban J connectivity index is 1.46. The van der Waals surface area contributed by atoms with Gasteiger partial charge in [-0.05, 0) is 50.7 Å². The van der Waals surface area contributed by atoms with Crippen LogP contribution in [0.3, 0.4) is 0 Å². The van der Waals surface area contributed by atoms with Gasteiger partial charge in [-0.15, -0.1) is 0 Å². The van der Waals surface area contributed by atoms with E-state index in [4.69, 9.17) is 4.42 Å². The number of furan rings is 1. The second-order valence-corrected chi connectivity index (χ2v) is 7.87. The average molecular weight is 383 g/mol. The predicted octanol–water partition coefficient (Wildman–Crippen LogP) is 4.00. The van der Waals surface area contributed by atoms with Gasteiger partial charge in [0.25, 0.3) is 5.91 Å². The van der Waals surface area contributed by atoms with Crippen molar-refractivity contribution in [2.75, 3.05) is 19.6 Å². The fraction of sp³-hybridized carbons (Fsp3) is 0.478. The summed E-state index contributed by atoms with van der Waals surface area (Å²) >= 11 is 0. The van der Waals surface area contributed by atoms with E-state index in [1.54, 1.807) is 11.0 Å². The Bertz CT molecular complexity index is 747. The maximum absolute atomic E-state index is 12.7. The van der Waals surface area contributed by atoms with E-state index in [0.717, 1.165) is 32.4 Å². The van der Waals surface area contributed by atoms with Crippen molar-refractivity contribution < 1.29 is 14.0 Å². The molecule has 1 aromatic heterocycles. The SMILES string of the molecule is CC(C)N(CCC(=O)N1CCC(Cc2ccccc2)CC1)C(=O)c1ccoc1. The Kier molecular flexibility index (Phi) is 6.90. The van der Waals surface area contributed by atoms with Crippen LogP contribution >= 0.6 is 0 Å². The highest BCUT2D eigenvalue weighted by Crippen LogP contribution is 2.22. The first-order valence-electron chi connectivity index (χ1n) is 10.2. The molecule has 0 radical (unpaired) electrons. The predicted molar refractivity (Wildman–Crippen MR) is 109 cm³/mol. The minimum absolute atomic E-state index is 0.0341. The lowest BCUT2D eigenvalue weighted by Gasteiger charge is -2.33. The summed E-state index contributed by atoms with van der Waals surface area (Å²) in [4.78, 5) is 29.0. The maximum atomic E-state index is 12.7. The molecule has 0 bridgehead atoms. The monoisotopic (exact) mass is 382 g/mol. The first-order valence-corrected chi connectivity index (χ1v) is 10.2. The highest BCUT2D eigenvalue weighted by molar-refractivity contribution is 5.94. The van der Waals surface area contributed by atoms with Crippen molar-refractivity contribution >= 4 is 11.8 Å². The quantitative estimate of drug-likeness (QED) is 0.727. The molecule has 0 atom stereocenters. The van der Waals surface area contributed by atoms with Crippen molar-refractivity contribution in [2.45, 2.75) is 45.6 Å². The Morgan fingerprint density at radius 3 is 2.46 bits per heavy atom. The van der Waals surface area contributed by atoms with Crippen LogP contribution in [0.4, 0.5) is 0 Å². The molecule has 0 spiro atoms. The van der Waals surface area contributed by atoms with Crippen LogP contribution in [0.1, 0.15) is 49.0 Å². The molecule has 5 heteroatoms. The molecule has 0 saturated carbocycles. The Morgan fingerprint density at radius 1 is 1.14 bits per heavy atom. The van der Waals surface area contributed by atoms with Gasteiger partial charge in [0.2, 0.25) is 5.91 Å². The normalized spacial score (nSPS) is 15.0. The zero-order valence-corrected chi connectivity index (χ0v) is 16.8. The first-order chi connectivity index (χ1) is 13.5. The minimum atomic E-state index is -0.0851. The Morgan fingerprint density at radius 2 is 1.86 bits per heavy atom. The topological polar surface area (TPSA) is 53.8 Å². The highest BCUT2D eigenvalue weighted by Gasteiger charge is 2.25. The third-order valence-electron chi connectivity index (χ3n) is 5.55. The molecule has 2 heterocycles. The van der Waals surface area contributed by atoms with Gasteiger partial charge in [0.1, 0.15) is 6.26 Å². The zero-order valence-electron chi connectivity index (χ0n) is 16.8. The van der Waals surface area contributed by atoms with E-state index in [2.05, 4.69) is 24.3 Å². The maximum Gasteiger partial charge on any atom is 0.257 e. The summed E-state index contributed by atoms with van der Waals surface area (Å²) in [7, 11) is 0. The van der Waals surface area contributed by atoms with Gasteiger partial charge in [-0.2, -0.15) is 0 Å². The molecule has 28 heavy (non-hydrogen) atoms. The van der Waals surface area contributed by atoms with Crippen molar-refractivity contribution in [1.29, 1.82) is 0 Å². The average Bonchev–Trinajstić information content (AvgIpc) is 3.24. The zero-order chi connectivity index (χ0) is 19.9. The third kappa shape index (κ3) is 5.24. The van der Waals surface area contributed by atoms with Gasteiger partial charge in [-0.1, -0.05) is 30.3 Å². The van der Waals surface area contributed by atoms with Gasteiger partial charge < -0.3 is 14.2 Å². The van der Waals surface area contributed by atoms with Gasteiger partial charge in [0, 0.05) is 32.1 Å². The molecule has 1 saturated heterocycles. The van der Waals surface area contributed by atoms with Gasteiger partial charge in [0.05, 0.1) is 11.8 Å². The van der Waals surface area contributed by atoms with Gasteiger partial charge in [-0.25, -0.2) is 0 Å². The molecule has 1 aromatic carbocycles. The lowest BCUT2D eigenvalue weighted by molar-refractivity contribution is -0.132. The standard InChI is InChI=1S/C23H30N2O3/c1-18(2)25(23(27)21-11-15-28-17-21)14-10-22(26)24-12-8-20(9-13-24)16-19-6-4-3-5-7-19/h3-7,11,15,17-18,20H,8-10,12-14,16H2,1-2H3. The molecule has 5 nitrogen and oxygen atoms in total. The fourth-order valence-electron chi connectivity index (χ4n) is 3.85. The number of likely N-dealkylation sites (tertiary alicyclic amines) is 1. The first kappa shape index (κ1) is 20.2. The largest absolute Gasteiger partial charge is 0.472 e. The lowest BCUT2D eigenvalue weighted by atomic mass is 9.90. The number of carbonyl (C=O) groups is 2. The van der Waals surface area contributed by atoms with E-state index in [9.17, 15) is 9.59 Å². The number of rotatable bonds is 7. The van der Waals surface area contributed by atoms with E-state index in [-0.39, 0.29) is 17.9 Å². The van der Waals surface area contributed by atoms with Gasteiger partial charge in [0.15, 0.2) is 0 Å². The Hall–Kier alpha value is -2.56. The minimum Gasteiger partial charge on any atom is -0.472 e. The molecule has 2 aromatic rings. The van der Waals surface area contributed by atoms with Crippen molar-refractivity contribution in [1.82, 2.24) is 9.80 Å². The summed E-state index contributed by atoms with van der Waals surface area (Å²) < 4.78 is 5.02. The number of carbonyl (C=O) groups excluding carboxylic acids is 2. The molecular weight excluding hydrogens is 352 g/mol. The summed E-state index contributed by atoms with van der Waals surface area (Å²) in [6.45, 7) is 6.00. The summed E-state index contributed by atoms with van der Waals surface area (Å²) in [6.07, 6.45) is 6.49. The molecule has 0 aliphatic carbocycles. The van der Waals surface area contributed by atoms with Crippen molar-refractivity contribution in [2.24, 2.45) is 5.92 Å². The second-order valence-electron chi connectivity index (χ2n) is 7.87. The molecular formula is C23H30N2O3. The third-order valence-corrected chi connectivity index (χ3v) is 5.55. The number of benzene rings is 1. The smallest absolute Gasteiger partial charge is 0.257 e. The second kappa shape index (κ2) is 9.58. The van der Waals surface area contributed by atoms with Crippen LogP contribution in [-0.4, -0.2) is 47.3 Å². The summed E-state index contributed by atoms with van der Waals surface area (Å²) in [5, 5.41) is 0.